The maximum atomic E-state index is 13.8. The van der Waals surface area contributed by atoms with Crippen LogP contribution in [0.1, 0.15) is 44.7 Å². The highest BCUT2D eigenvalue weighted by molar-refractivity contribution is 7.92. The van der Waals surface area contributed by atoms with E-state index in [0.717, 1.165) is 21.7 Å². The fourth-order valence-corrected chi connectivity index (χ4v) is 5.50. The van der Waals surface area contributed by atoms with Gasteiger partial charge in [-0.25, -0.2) is 12.8 Å². The Morgan fingerprint density at radius 1 is 0.927 bits per heavy atom. The fourth-order valence-electron chi connectivity index (χ4n) is 4.40. The summed E-state index contributed by atoms with van der Waals surface area (Å²) in [4.78, 5) is 29.0. The number of carbonyl (C=O) groups is 2. The molecule has 0 heterocycles. The Kier molecular flexibility index (Phi) is 10.9. The van der Waals surface area contributed by atoms with Crippen molar-refractivity contribution < 1.29 is 22.4 Å². The summed E-state index contributed by atoms with van der Waals surface area (Å²) < 4.78 is 39.6. The molecule has 0 aliphatic rings. The third-order valence-corrected chi connectivity index (χ3v) is 7.75. The lowest BCUT2D eigenvalue weighted by molar-refractivity contribution is -0.142. The first-order valence-electron chi connectivity index (χ1n) is 13.4. The number of sulfonamides is 1. The van der Waals surface area contributed by atoms with Gasteiger partial charge in [0.1, 0.15) is 11.9 Å². The molecule has 41 heavy (non-hydrogen) atoms. The van der Waals surface area contributed by atoms with Crippen molar-refractivity contribution in [3.8, 4) is 0 Å². The van der Waals surface area contributed by atoms with Crippen molar-refractivity contribution in [1.82, 2.24) is 10.2 Å². The quantitative estimate of drug-likeness (QED) is 0.294. The Bertz CT molecular complexity index is 1410. The molecular weight excluding hydrogens is 565 g/mol. The summed E-state index contributed by atoms with van der Waals surface area (Å²) in [5, 5.41) is 3.57. The normalized spacial score (nSPS) is 12.4. The molecule has 3 rings (SSSR count). The summed E-state index contributed by atoms with van der Waals surface area (Å²) in [5.41, 5.74) is 1.49. The summed E-state index contributed by atoms with van der Waals surface area (Å²) in [5.74, 6) is -1.06. The molecule has 2 amide bonds. The number of halogens is 2. The lowest BCUT2D eigenvalue weighted by Crippen LogP contribution is -2.54. The van der Waals surface area contributed by atoms with E-state index in [0.29, 0.717) is 17.1 Å². The molecular formula is C31H37ClFN3O4S. The van der Waals surface area contributed by atoms with E-state index in [1.54, 1.807) is 17.0 Å². The van der Waals surface area contributed by atoms with Gasteiger partial charge in [-0.3, -0.25) is 13.9 Å². The first-order chi connectivity index (χ1) is 19.2. The van der Waals surface area contributed by atoms with E-state index in [2.05, 4.69) is 5.32 Å². The maximum absolute atomic E-state index is 13.8. The molecule has 3 aromatic rings. The maximum Gasteiger partial charge on any atom is 0.243 e. The minimum Gasteiger partial charge on any atom is -0.350 e. The molecule has 0 saturated heterocycles. The molecule has 0 aromatic heterocycles. The highest BCUT2D eigenvalue weighted by Gasteiger charge is 2.32. The summed E-state index contributed by atoms with van der Waals surface area (Å²) in [6.07, 6.45) is 1.55. The van der Waals surface area contributed by atoms with Gasteiger partial charge in [0, 0.05) is 36.5 Å². The van der Waals surface area contributed by atoms with Crippen molar-refractivity contribution in [2.45, 2.75) is 58.2 Å². The van der Waals surface area contributed by atoms with E-state index in [9.17, 15) is 22.4 Å². The topological polar surface area (TPSA) is 86.8 Å². The molecule has 10 heteroatoms. The highest BCUT2D eigenvalue weighted by Crippen LogP contribution is 2.21. The van der Waals surface area contributed by atoms with E-state index in [1.165, 1.54) is 24.3 Å². The number of rotatable bonds is 12. The zero-order chi connectivity index (χ0) is 30.2. The molecule has 0 saturated carbocycles. The first-order valence-corrected chi connectivity index (χ1v) is 15.6. The van der Waals surface area contributed by atoms with E-state index < -0.39 is 27.4 Å². The largest absolute Gasteiger partial charge is 0.350 e. The standard InChI is InChI=1S/C31H37ClFN3O4S/c1-31(2,3)34-30(38)28(21-23-9-6-5-7-10-23)35(22-24-12-14-25(32)15-13-24)29(37)11-8-20-36(41(4,39)40)27-18-16-26(33)17-19-27/h5-7,9-10,12-19,28H,8,11,20-22H2,1-4H3,(H,34,38)/t28-/m0/s1. The van der Waals surface area contributed by atoms with Gasteiger partial charge >= 0.3 is 0 Å². The number of benzene rings is 3. The summed E-state index contributed by atoms with van der Waals surface area (Å²) in [6, 6.07) is 20.9. The van der Waals surface area contributed by atoms with E-state index >= 15 is 0 Å². The molecule has 7 nitrogen and oxygen atoms in total. The number of anilines is 1. The van der Waals surface area contributed by atoms with Gasteiger partial charge in [-0.05, 0) is 74.7 Å². The zero-order valence-corrected chi connectivity index (χ0v) is 25.4. The molecule has 0 aliphatic heterocycles. The predicted octanol–water partition coefficient (Wildman–Crippen LogP) is 5.58. The minimum atomic E-state index is -3.68. The van der Waals surface area contributed by atoms with Crippen molar-refractivity contribution >= 4 is 39.1 Å². The number of hydrogen-bond donors (Lipinski definition) is 1. The van der Waals surface area contributed by atoms with Crippen LogP contribution in [0.2, 0.25) is 5.02 Å². The van der Waals surface area contributed by atoms with Gasteiger partial charge in [-0.1, -0.05) is 54.1 Å². The molecule has 0 radical (unpaired) electrons. The van der Waals surface area contributed by atoms with Crippen LogP contribution in [-0.2, 0) is 32.6 Å². The smallest absolute Gasteiger partial charge is 0.243 e. The van der Waals surface area contributed by atoms with Crippen molar-refractivity contribution in [2.75, 3.05) is 17.1 Å². The van der Waals surface area contributed by atoms with E-state index in [4.69, 9.17) is 11.6 Å². The Morgan fingerprint density at radius 2 is 1.54 bits per heavy atom. The van der Waals surface area contributed by atoms with Crippen LogP contribution in [0.3, 0.4) is 0 Å². The minimum absolute atomic E-state index is 0.00507. The van der Waals surface area contributed by atoms with Crippen LogP contribution in [0, 0.1) is 5.82 Å². The average Bonchev–Trinajstić information content (AvgIpc) is 2.89. The van der Waals surface area contributed by atoms with Crippen molar-refractivity contribution in [1.29, 1.82) is 0 Å². The third kappa shape index (κ3) is 10.2. The second-order valence-electron chi connectivity index (χ2n) is 11.0. The Hall–Kier alpha value is -3.43. The lowest BCUT2D eigenvalue weighted by atomic mass is 10.00. The monoisotopic (exact) mass is 601 g/mol. The zero-order valence-electron chi connectivity index (χ0n) is 23.8. The highest BCUT2D eigenvalue weighted by atomic mass is 35.5. The predicted molar refractivity (Wildman–Crippen MR) is 162 cm³/mol. The number of hydrogen-bond acceptors (Lipinski definition) is 4. The molecule has 0 aliphatic carbocycles. The van der Waals surface area contributed by atoms with E-state index in [1.807, 2.05) is 63.2 Å². The number of nitrogens with one attached hydrogen (secondary N) is 1. The van der Waals surface area contributed by atoms with Gasteiger partial charge in [-0.15, -0.1) is 0 Å². The van der Waals surface area contributed by atoms with Crippen LogP contribution < -0.4 is 9.62 Å². The fraction of sp³-hybridized carbons (Fsp3) is 0.355. The van der Waals surface area contributed by atoms with Gasteiger partial charge in [0.15, 0.2) is 0 Å². The second kappa shape index (κ2) is 14.0. The first kappa shape index (κ1) is 32.1. The second-order valence-corrected chi connectivity index (χ2v) is 13.4. The number of nitrogens with zero attached hydrogens (tertiary/aromatic N) is 2. The molecule has 1 atom stereocenters. The van der Waals surface area contributed by atoms with Gasteiger partial charge in [-0.2, -0.15) is 0 Å². The molecule has 0 spiro atoms. The van der Waals surface area contributed by atoms with Crippen LogP contribution >= 0.6 is 11.6 Å². The molecule has 3 aromatic carbocycles. The Labute approximate surface area is 247 Å². The van der Waals surface area contributed by atoms with Crippen molar-refractivity contribution in [2.24, 2.45) is 0 Å². The summed E-state index contributed by atoms with van der Waals surface area (Å²) in [6.45, 7) is 5.82. The molecule has 0 unspecified atom stereocenters. The van der Waals surface area contributed by atoms with Crippen LogP contribution in [0.5, 0.6) is 0 Å². The molecule has 0 bridgehead atoms. The van der Waals surface area contributed by atoms with Crippen LogP contribution in [0.25, 0.3) is 0 Å². The average molecular weight is 602 g/mol. The number of amides is 2. The molecule has 0 fully saturated rings. The van der Waals surface area contributed by atoms with Crippen LogP contribution in [-0.4, -0.2) is 49.5 Å². The summed E-state index contributed by atoms with van der Waals surface area (Å²) >= 11 is 6.08. The van der Waals surface area contributed by atoms with Crippen LogP contribution in [0.4, 0.5) is 10.1 Å². The SMILES string of the molecule is CC(C)(C)NC(=O)[C@H](Cc1ccccc1)N(Cc1ccc(Cl)cc1)C(=O)CCCN(c1ccc(F)cc1)S(C)(=O)=O. The van der Waals surface area contributed by atoms with Crippen molar-refractivity contribution in [3.63, 3.8) is 0 Å². The van der Waals surface area contributed by atoms with Gasteiger partial charge in [0.2, 0.25) is 21.8 Å². The molecule has 220 valence electrons. The van der Waals surface area contributed by atoms with Gasteiger partial charge < -0.3 is 10.2 Å². The van der Waals surface area contributed by atoms with Crippen molar-refractivity contribution in [3.05, 3.63) is 101 Å². The third-order valence-electron chi connectivity index (χ3n) is 6.30. The van der Waals surface area contributed by atoms with Crippen LogP contribution in [0.15, 0.2) is 78.9 Å². The number of carbonyl (C=O) groups excluding carboxylic acids is 2. The Balaban J connectivity index is 1.89. The Morgan fingerprint density at radius 3 is 2.10 bits per heavy atom. The summed E-state index contributed by atoms with van der Waals surface area (Å²) in [7, 11) is -3.68. The van der Waals surface area contributed by atoms with Gasteiger partial charge in [0.05, 0.1) is 11.9 Å². The van der Waals surface area contributed by atoms with Gasteiger partial charge in [0.25, 0.3) is 0 Å². The van der Waals surface area contributed by atoms with E-state index in [-0.39, 0.29) is 37.7 Å². The molecule has 1 N–H and O–H groups in total. The lowest BCUT2D eigenvalue weighted by Gasteiger charge is -2.34.